The predicted octanol–water partition coefficient (Wildman–Crippen LogP) is 1.43. The molecule has 0 atom stereocenters. The number of aliphatic hydroxyl groups is 1. The van der Waals surface area contributed by atoms with Crippen molar-refractivity contribution in [1.29, 1.82) is 0 Å². The molecule has 3 N–H and O–H groups in total. The van der Waals surface area contributed by atoms with E-state index < -0.39 is 0 Å². The molecule has 0 fully saturated rings. The Labute approximate surface area is 105 Å². The molecular formula is C13H28N2O2. The van der Waals surface area contributed by atoms with E-state index in [0.29, 0.717) is 12.6 Å². The van der Waals surface area contributed by atoms with E-state index in [0.717, 1.165) is 45.1 Å². The highest BCUT2D eigenvalue weighted by molar-refractivity contribution is 5.78. The predicted molar refractivity (Wildman–Crippen MR) is 70.9 cm³/mol. The molecule has 0 radical (unpaired) electrons. The number of hydrogen-bond acceptors (Lipinski definition) is 3. The summed E-state index contributed by atoms with van der Waals surface area (Å²) in [6.07, 6.45) is 6.11. The van der Waals surface area contributed by atoms with Gasteiger partial charge in [-0.15, -0.1) is 0 Å². The average molecular weight is 244 g/mol. The van der Waals surface area contributed by atoms with E-state index >= 15 is 0 Å². The summed E-state index contributed by atoms with van der Waals surface area (Å²) in [7, 11) is 0. The van der Waals surface area contributed by atoms with Crippen LogP contribution < -0.4 is 10.6 Å². The van der Waals surface area contributed by atoms with Crippen LogP contribution in [-0.2, 0) is 4.79 Å². The third kappa shape index (κ3) is 10.3. The third-order valence-corrected chi connectivity index (χ3v) is 2.90. The molecule has 0 aliphatic carbocycles. The van der Waals surface area contributed by atoms with Crippen LogP contribution in [0.5, 0.6) is 0 Å². The van der Waals surface area contributed by atoms with Crippen LogP contribution in [0.2, 0.25) is 0 Å². The lowest BCUT2D eigenvalue weighted by atomic mass is 10.2. The van der Waals surface area contributed by atoms with Gasteiger partial charge in [-0.3, -0.25) is 4.79 Å². The van der Waals surface area contributed by atoms with E-state index in [1.807, 2.05) is 0 Å². The second-order valence-electron chi connectivity index (χ2n) is 4.40. The maximum Gasteiger partial charge on any atom is 0.234 e. The number of carbonyl (C=O) groups excluding carboxylic acids is 1. The van der Waals surface area contributed by atoms with Crippen LogP contribution in [0.4, 0.5) is 0 Å². The monoisotopic (exact) mass is 244 g/mol. The Balaban J connectivity index is 3.33. The zero-order valence-corrected chi connectivity index (χ0v) is 11.3. The van der Waals surface area contributed by atoms with Crippen molar-refractivity contribution in [3.8, 4) is 0 Å². The smallest absolute Gasteiger partial charge is 0.234 e. The lowest BCUT2D eigenvalue weighted by molar-refractivity contribution is -0.121. The van der Waals surface area contributed by atoms with Gasteiger partial charge in [0.05, 0.1) is 6.54 Å². The molecule has 4 nitrogen and oxygen atoms in total. The Morgan fingerprint density at radius 1 is 1.12 bits per heavy atom. The first-order valence-electron chi connectivity index (χ1n) is 6.85. The van der Waals surface area contributed by atoms with Crippen LogP contribution in [0.25, 0.3) is 0 Å². The van der Waals surface area contributed by atoms with Crippen LogP contribution in [0, 0.1) is 0 Å². The molecule has 0 heterocycles. The molecule has 0 aromatic rings. The normalized spacial score (nSPS) is 10.8. The molecule has 0 rings (SSSR count). The SMILES string of the molecule is CCC(CC)NC(=O)CNCCCCCCO. The summed E-state index contributed by atoms with van der Waals surface area (Å²) in [4.78, 5) is 11.5. The Kier molecular flexibility index (Phi) is 11.4. The van der Waals surface area contributed by atoms with Gasteiger partial charge in [-0.05, 0) is 32.2 Å². The first-order chi connectivity index (χ1) is 8.24. The minimum atomic E-state index is 0.0917. The lowest BCUT2D eigenvalue weighted by Crippen LogP contribution is -2.40. The summed E-state index contributed by atoms with van der Waals surface area (Å²) in [5.41, 5.74) is 0. The first-order valence-corrected chi connectivity index (χ1v) is 6.85. The fourth-order valence-corrected chi connectivity index (χ4v) is 1.69. The molecule has 0 unspecified atom stereocenters. The summed E-state index contributed by atoms with van der Waals surface area (Å²) >= 11 is 0. The van der Waals surface area contributed by atoms with E-state index in [-0.39, 0.29) is 12.5 Å². The molecule has 102 valence electrons. The van der Waals surface area contributed by atoms with Crippen molar-refractivity contribution in [2.45, 2.75) is 58.4 Å². The standard InChI is InChI=1S/C13H28N2O2/c1-3-12(4-2)15-13(17)11-14-9-7-5-6-8-10-16/h12,14,16H,3-11H2,1-2H3,(H,15,17). The van der Waals surface area contributed by atoms with Gasteiger partial charge in [-0.2, -0.15) is 0 Å². The van der Waals surface area contributed by atoms with Gasteiger partial charge < -0.3 is 15.7 Å². The number of rotatable bonds is 11. The zero-order chi connectivity index (χ0) is 12.9. The zero-order valence-electron chi connectivity index (χ0n) is 11.3. The highest BCUT2D eigenvalue weighted by atomic mass is 16.2. The number of amides is 1. The molecule has 0 spiro atoms. The third-order valence-electron chi connectivity index (χ3n) is 2.90. The fourth-order valence-electron chi connectivity index (χ4n) is 1.69. The molecule has 0 aromatic heterocycles. The van der Waals surface area contributed by atoms with Crippen LogP contribution in [0.3, 0.4) is 0 Å². The Hall–Kier alpha value is -0.610. The van der Waals surface area contributed by atoms with Crippen LogP contribution in [-0.4, -0.2) is 36.8 Å². The number of aliphatic hydroxyl groups excluding tert-OH is 1. The van der Waals surface area contributed by atoms with Crippen molar-refractivity contribution in [3.63, 3.8) is 0 Å². The van der Waals surface area contributed by atoms with Crippen molar-refractivity contribution in [2.75, 3.05) is 19.7 Å². The van der Waals surface area contributed by atoms with Gasteiger partial charge in [0.25, 0.3) is 0 Å². The summed E-state index contributed by atoms with van der Waals surface area (Å²) in [5, 5.41) is 14.7. The Morgan fingerprint density at radius 3 is 2.35 bits per heavy atom. The molecule has 4 heteroatoms. The largest absolute Gasteiger partial charge is 0.396 e. The van der Waals surface area contributed by atoms with Crippen molar-refractivity contribution in [1.82, 2.24) is 10.6 Å². The molecule has 0 aliphatic rings. The minimum absolute atomic E-state index is 0.0917. The van der Waals surface area contributed by atoms with E-state index in [4.69, 9.17) is 5.11 Å². The first kappa shape index (κ1) is 16.4. The van der Waals surface area contributed by atoms with Crippen LogP contribution in [0.15, 0.2) is 0 Å². The lowest BCUT2D eigenvalue weighted by Gasteiger charge is -2.14. The molecule has 17 heavy (non-hydrogen) atoms. The molecule has 0 aromatic carbocycles. The second-order valence-corrected chi connectivity index (χ2v) is 4.40. The van der Waals surface area contributed by atoms with E-state index in [1.165, 1.54) is 0 Å². The van der Waals surface area contributed by atoms with Crippen molar-refractivity contribution < 1.29 is 9.90 Å². The number of nitrogens with one attached hydrogen (secondary N) is 2. The van der Waals surface area contributed by atoms with Crippen molar-refractivity contribution in [3.05, 3.63) is 0 Å². The summed E-state index contributed by atoms with van der Waals surface area (Å²) in [6, 6.07) is 0.314. The topological polar surface area (TPSA) is 61.4 Å². The summed E-state index contributed by atoms with van der Waals surface area (Å²) < 4.78 is 0. The molecule has 0 bridgehead atoms. The summed E-state index contributed by atoms with van der Waals surface area (Å²) in [6.45, 7) is 5.75. The number of hydrogen-bond donors (Lipinski definition) is 3. The van der Waals surface area contributed by atoms with E-state index in [2.05, 4.69) is 24.5 Å². The van der Waals surface area contributed by atoms with E-state index in [1.54, 1.807) is 0 Å². The Morgan fingerprint density at radius 2 is 1.76 bits per heavy atom. The van der Waals surface area contributed by atoms with Gasteiger partial charge in [0.15, 0.2) is 0 Å². The molecule has 0 saturated carbocycles. The molecule has 1 amide bonds. The molecule has 0 aliphatic heterocycles. The molecule has 0 saturated heterocycles. The van der Waals surface area contributed by atoms with Gasteiger partial charge in [0.1, 0.15) is 0 Å². The van der Waals surface area contributed by atoms with Gasteiger partial charge in [-0.25, -0.2) is 0 Å². The van der Waals surface area contributed by atoms with Gasteiger partial charge in [0, 0.05) is 12.6 Å². The van der Waals surface area contributed by atoms with E-state index in [9.17, 15) is 4.79 Å². The maximum atomic E-state index is 11.5. The minimum Gasteiger partial charge on any atom is -0.396 e. The van der Waals surface area contributed by atoms with Crippen molar-refractivity contribution >= 4 is 5.91 Å². The van der Waals surface area contributed by atoms with Gasteiger partial charge in [0.2, 0.25) is 5.91 Å². The average Bonchev–Trinajstić information content (AvgIpc) is 2.34. The summed E-state index contributed by atoms with van der Waals surface area (Å²) in [5.74, 6) is 0.0917. The fraction of sp³-hybridized carbons (Fsp3) is 0.923. The van der Waals surface area contributed by atoms with Gasteiger partial charge >= 0.3 is 0 Å². The Bertz CT molecular complexity index is 182. The molecular weight excluding hydrogens is 216 g/mol. The van der Waals surface area contributed by atoms with Crippen LogP contribution >= 0.6 is 0 Å². The quantitative estimate of drug-likeness (QED) is 0.482. The van der Waals surface area contributed by atoms with Crippen LogP contribution in [0.1, 0.15) is 52.4 Å². The number of carbonyl (C=O) groups is 1. The number of unbranched alkanes of at least 4 members (excludes halogenated alkanes) is 3. The van der Waals surface area contributed by atoms with Gasteiger partial charge in [-0.1, -0.05) is 26.7 Å². The second kappa shape index (κ2) is 11.9. The van der Waals surface area contributed by atoms with Crippen molar-refractivity contribution in [2.24, 2.45) is 0 Å². The highest BCUT2D eigenvalue weighted by Gasteiger charge is 2.06. The highest BCUT2D eigenvalue weighted by Crippen LogP contribution is 1.97. The maximum absolute atomic E-state index is 11.5.